The van der Waals surface area contributed by atoms with E-state index < -0.39 is 0 Å². The number of hydrogen-bond donors (Lipinski definition) is 1. The molecule has 0 saturated carbocycles. The monoisotopic (exact) mass is 349 g/mol. The highest BCUT2D eigenvalue weighted by Gasteiger charge is 2.23. The van der Waals surface area contributed by atoms with Crippen LogP contribution in [0, 0.1) is 0 Å². The average Bonchev–Trinajstić information content (AvgIpc) is 2.64. The number of aromatic nitrogens is 2. The molecule has 0 aliphatic heterocycles. The molecule has 5 heteroatoms. The SMILES string of the molecule is CCC(C)(C)NC(=O)c1nn(Cc2ccccc2)c(=O)c2ccccc12. The van der Waals surface area contributed by atoms with Crippen LogP contribution in [0.4, 0.5) is 0 Å². The predicted molar refractivity (Wildman–Crippen MR) is 103 cm³/mol. The second kappa shape index (κ2) is 7.12. The van der Waals surface area contributed by atoms with Crippen molar-refractivity contribution in [3.63, 3.8) is 0 Å². The van der Waals surface area contributed by atoms with Gasteiger partial charge in [-0.1, -0.05) is 55.5 Å². The van der Waals surface area contributed by atoms with E-state index in [9.17, 15) is 9.59 Å². The third-order valence-corrected chi connectivity index (χ3v) is 4.59. The molecule has 134 valence electrons. The van der Waals surface area contributed by atoms with Crippen LogP contribution in [0.15, 0.2) is 59.4 Å². The Kier molecular flexibility index (Phi) is 4.89. The van der Waals surface area contributed by atoms with E-state index in [-0.39, 0.29) is 22.7 Å². The first-order chi connectivity index (χ1) is 12.4. The van der Waals surface area contributed by atoms with E-state index in [0.717, 1.165) is 12.0 Å². The number of nitrogens with zero attached hydrogens (tertiary/aromatic N) is 2. The summed E-state index contributed by atoms with van der Waals surface area (Å²) in [4.78, 5) is 25.7. The van der Waals surface area contributed by atoms with Crippen LogP contribution < -0.4 is 10.9 Å². The molecule has 2 aromatic carbocycles. The maximum absolute atomic E-state index is 12.9. The Labute approximate surface area is 152 Å². The highest BCUT2D eigenvalue weighted by molar-refractivity contribution is 6.05. The van der Waals surface area contributed by atoms with Crippen LogP contribution in [0.25, 0.3) is 10.8 Å². The third kappa shape index (κ3) is 3.67. The van der Waals surface area contributed by atoms with Gasteiger partial charge in [-0.15, -0.1) is 0 Å². The fourth-order valence-electron chi connectivity index (χ4n) is 2.72. The minimum Gasteiger partial charge on any atom is -0.346 e. The summed E-state index contributed by atoms with van der Waals surface area (Å²) in [5.41, 5.74) is 0.686. The van der Waals surface area contributed by atoms with Crippen molar-refractivity contribution in [3.8, 4) is 0 Å². The Bertz CT molecular complexity index is 991. The largest absolute Gasteiger partial charge is 0.346 e. The molecule has 0 bridgehead atoms. The van der Waals surface area contributed by atoms with Crippen LogP contribution in [-0.4, -0.2) is 21.2 Å². The zero-order valence-corrected chi connectivity index (χ0v) is 15.3. The first-order valence-corrected chi connectivity index (χ1v) is 8.77. The number of amides is 1. The molecule has 5 nitrogen and oxygen atoms in total. The lowest BCUT2D eigenvalue weighted by Gasteiger charge is -2.24. The summed E-state index contributed by atoms with van der Waals surface area (Å²) < 4.78 is 1.37. The Morgan fingerprint density at radius 1 is 1.04 bits per heavy atom. The minimum absolute atomic E-state index is 0.198. The van der Waals surface area contributed by atoms with E-state index >= 15 is 0 Å². The van der Waals surface area contributed by atoms with Gasteiger partial charge in [0, 0.05) is 10.9 Å². The van der Waals surface area contributed by atoms with Crippen LogP contribution in [0.5, 0.6) is 0 Å². The van der Waals surface area contributed by atoms with Crippen molar-refractivity contribution in [2.75, 3.05) is 0 Å². The van der Waals surface area contributed by atoms with Crippen molar-refractivity contribution >= 4 is 16.7 Å². The Hall–Kier alpha value is -2.95. The normalized spacial score (nSPS) is 11.5. The molecule has 1 N–H and O–H groups in total. The summed E-state index contributed by atoms with van der Waals surface area (Å²) >= 11 is 0. The maximum Gasteiger partial charge on any atom is 0.274 e. The quantitative estimate of drug-likeness (QED) is 0.768. The van der Waals surface area contributed by atoms with Crippen molar-refractivity contribution in [3.05, 3.63) is 76.2 Å². The van der Waals surface area contributed by atoms with E-state index in [1.54, 1.807) is 18.2 Å². The summed E-state index contributed by atoms with van der Waals surface area (Å²) in [6, 6.07) is 16.7. The molecule has 0 atom stereocenters. The maximum atomic E-state index is 12.9. The smallest absolute Gasteiger partial charge is 0.274 e. The van der Waals surface area contributed by atoms with Gasteiger partial charge in [-0.05, 0) is 31.9 Å². The number of benzene rings is 2. The van der Waals surface area contributed by atoms with E-state index in [4.69, 9.17) is 0 Å². The molecule has 0 spiro atoms. The Balaban J connectivity index is 2.11. The van der Waals surface area contributed by atoms with Gasteiger partial charge in [-0.2, -0.15) is 5.10 Å². The average molecular weight is 349 g/mol. The lowest BCUT2D eigenvalue weighted by atomic mass is 10.0. The molecular weight excluding hydrogens is 326 g/mol. The summed E-state index contributed by atoms with van der Waals surface area (Å²) in [5.74, 6) is -0.269. The Morgan fingerprint density at radius 2 is 1.65 bits per heavy atom. The number of fused-ring (bicyclic) bond motifs is 1. The predicted octanol–water partition coefficient (Wildman–Crippen LogP) is 3.36. The molecular formula is C21H23N3O2. The number of carbonyl (C=O) groups is 1. The van der Waals surface area contributed by atoms with E-state index in [1.807, 2.05) is 57.2 Å². The van der Waals surface area contributed by atoms with Crippen molar-refractivity contribution in [1.29, 1.82) is 0 Å². The van der Waals surface area contributed by atoms with Gasteiger partial charge in [-0.3, -0.25) is 9.59 Å². The van der Waals surface area contributed by atoms with Crippen molar-refractivity contribution < 1.29 is 4.79 Å². The fraction of sp³-hybridized carbons (Fsp3) is 0.286. The van der Waals surface area contributed by atoms with Crippen LogP contribution in [-0.2, 0) is 6.54 Å². The molecule has 0 saturated heterocycles. The standard InChI is InChI=1S/C21H23N3O2/c1-4-21(2,3)22-19(25)18-16-12-8-9-13-17(16)20(26)24(23-18)14-15-10-6-5-7-11-15/h5-13H,4,14H2,1-3H3,(H,22,25). The zero-order chi connectivity index (χ0) is 18.7. The van der Waals surface area contributed by atoms with Crippen LogP contribution in [0.3, 0.4) is 0 Å². The lowest BCUT2D eigenvalue weighted by Crippen LogP contribution is -2.43. The van der Waals surface area contributed by atoms with Gasteiger partial charge in [0.2, 0.25) is 0 Å². The number of rotatable bonds is 5. The van der Waals surface area contributed by atoms with Crippen LogP contribution >= 0.6 is 0 Å². The van der Waals surface area contributed by atoms with Crippen molar-refractivity contribution in [2.24, 2.45) is 0 Å². The fourth-order valence-corrected chi connectivity index (χ4v) is 2.72. The summed E-state index contributed by atoms with van der Waals surface area (Å²) in [7, 11) is 0. The summed E-state index contributed by atoms with van der Waals surface area (Å²) in [6.07, 6.45) is 0.792. The second-order valence-electron chi connectivity index (χ2n) is 7.03. The van der Waals surface area contributed by atoms with Crippen LogP contribution in [0.2, 0.25) is 0 Å². The summed E-state index contributed by atoms with van der Waals surface area (Å²) in [6.45, 7) is 6.27. The van der Waals surface area contributed by atoms with E-state index in [2.05, 4.69) is 10.4 Å². The molecule has 0 radical (unpaired) electrons. The number of nitrogens with one attached hydrogen (secondary N) is 1. The van der Waals surface area contributed by atoms with Gasteiger partial charge < -0.3 is 5.32 Å². The van der Waals surface area contributed by atoms with Gasteiger partial charge in [0.05, 0.1) is 11.9 Å². The van der Waals surface area contributed by atoms with Gasteiger partial charge in [0.15, 0.2) is 5.69 Å². The second-order valence-corrected chi connectivity index (χ2v) is 7.03. The Morgan fingerprint density at radius 3 is 2.31 bits per heavy atom. The molecule has 3 aromatic rings. The topological polar surface area (TPSA) is 64.0 Å². The third-order valence-electron chi connectivity index (χ3n) is 4.59. The molecule has 0 aliphatic carbocycles. The number of hydrogen-bond acceptors (Lipinski definition) is 3. The lowest BCUT2D eigenvalue weighted by molar-refractivity contribution is 0.0905. The molecule has 3 rings (SSSR count). The van der Waals surface area contributed by atoms with Gasteiger partial charge in [0.1, 0.15) is 0 Å². The molecule has 0 fully saturated rings. The molecule has 0 unspecified atom stereocenters. The van der Waals surface area contributed by atoms with Crippen molar-refractivity contribution in [1.82, 2.24) is 15.1 Å². The summed E-state index contributed by atoms with van der Waals surface area (Å²) in [5, 5.41) is 8.49. The highest BCUT2D eigenvalue weighted by Crippen LogP contribution is 2.16. The van der Waals surface area contributed by atoms with Crippen molar-refractivity contribution in [2.45, 2.75) is 39.3 Å². The molecule has 1 aromatic heterocycles. The van der Waals surface area contributed by atoms with Gasteiger partial charge in [-0.25, -0.2) is 4.68 Å². The highest BCUT2D eigenvalue weighted by atomic mass is 16.2. The van der Waals surface area contributed by atoms with E-state index in [0.29, 0.717) is 17.3 Å². The molecule has 26 heavy (non-hydrogen) atoms. The first-order valence-electron chi connectivity index (χ1n) is 8.77. The minimum atomic E-state index is -0.347. The number of carbonyl (C=O) groups excluding carboxylic acids is 1. The molecule has 1 heterocycles. The van der Waals surface area contributed by atoms with Gasteiger partial charge >= 0.3 is 0 Å². The molecule has 0 aliphatic rings. The zero-order valence-electron chi connectivity index (χ0n) is 15.3. The van der Waals surface area contributed by atoms with Gasteiger partial charge in [0.25, 0.3) is 11.5 Å². The van der Waals surface area contributed by atoms with Crippen LogP contribution in [0.1, 0.15) is 43.2 Å². The first kappa shape index (κ1) is 17.9. The van der Waals surface area contributed by atoms with E-state index in [1.165, 1.54) is 4.68 Å². The molecule has 1 amide bonds.